The van der Waals surface area contributed by atoms with Crippen molar-refractivity contribution in [1.29, 1.82) is 0 Å². The fourth-order valence-corrected chi connectivity index (χ4v) is 3.59. The number of thioether (sulfide) groups is 1. The Morgan fingerprint density at radius 1 is 1.00 bits per heavy atom. The van der Waals surface area contributed by atoms with Crippen molar-refractivity contribution in [2.24, 2.45) is 0 Å². The van der Waals surface area contributed by atoms with Gasteiger partial charge in [0.15, 0.2) is 0 Å². The van der Waals surface area contributed by atoms with Gasteiger partial charge in [0.1, 0.15) is 0 Å². The molecule has 106 valence electrons. The Bertz CT molecular complexity index is 507. The van der Waals surface area contributed by atoms with Crippen LogP contribution in [0.5, 0.6) is 0 Å². The van der Waals surface area contributed by atoms with Crippen molar-refractivity contribution in [3.63, 3.8) is 0 Å². The third-order valence-corrected chi connectivity index (χ3v) is 4.78. The molecule has 0 fully saturated rings. The van der Waals surface area contributed by atoms with E-state index in [9.17, 15) is 0 Å². The van der Waals surface area contributed by atoms with Gasteiger partial charge in [0.05, 0.1) is 0 Å². The third-order valence-electron chi connectivity index (χ3n) is 3.59. The molecule has 1 nitrogen and oxygen atoms in total. The molecule has 2 rings (SSSR count). The predicted molar refractivity (Wildman–Crippen MR) is 89.4 cm³/mol. The molecule has 0 saturated heterocycles. The molecule has 0 saturated carbocycles. The van der Waals surface area contributed by atoms with Crippen LogP contribution in [-0.2, 0) is 6.42 Å². The Balaban J connectivity index is 2.10. The lowest BCUT2D eigenvalue weighted by Crippen LogP contribution is -2.25. The van der Waals surface area contributed by atoms with Crippen LogP contribution < -0.4 is 5.32 Å². The van der Waals surface area contributed by atoms with Crippen LogP contribution in [0.1, 0.15) is 31.0 Å². The molecule has 0 bridgehead atoms. The van der Waals surface area contributed by atoms with Crippen molar-refractivity contribution in [3.05, 3.63) is 65.7 Å². The van der Waals surface area contributed by atoms with E-state index in [4.69, 9.17) is 0 Å². The third kappa shape index (κ3) is 3.87. The fraction of sp³-hybridized carbons (Fsp3) is 0.333. The number of aryl methyl sites for hydroxylation is 1. The van der Waals surface area contributed by atoms with Crippen molar-refractivity contribution in [2.75, 3.05) is 7.05 Å². The minimum Gasteiger partial charge on any atom is -0.312 e. The van der Waals surface area contributed by atoms with Gasteiger partial charge in [-0.25, -0.2) is 0 Å². The summed E-state index contributed by atoms with van der Waals surface area (Å²) in [5.74, 6) is 0. The lowest BCUT2D eigenvalue weighted by Gasteiger charge is -2.24. The molecular formula is C18H23NS. The quantitative estimate of drug-likeness (QED) is 0.773. The summed E-state index contributed by atoms with van der Waals surface area (Å²) in [6.07, 6.45) is 1.10. The summed E-state index contributed by atoms with van der Waals surface area (Å²) in [4.78, 5) is 1.32. The summed E-state index contributed by atoms with van der Waals surface area (Å²) in [6.45, 7) is 4.48. The molecule has 0 aliphatic heterocycles. The molecule has 0 radical (unpaired) electrons. The summed E-state index contributed by atoms with van der Waals surface area (Å²) in [6, 6.07) is 19.9. The van der Waals surface area contributed by atoms with E-state index in [-0.39, 0.29) is 0 Å². The van der Waals surface area contributed by atoms with Gasteiger partial charge in [-0.1, -0.05) is 56.3 Å². The van der Waals surface area contributed by atoms with Gasteiger partial charge >= 0.3 is 0 Å². The van der Waals surface area contributed by atoms with E-state index in [0.717, 1.165) is 6.42 Å². The van der Waals surface area contributed by atoms with Gasteiger partial charge in [-0.3, -0.25) is 0 Å². The zero-order chi connectivity index (χ0) is 14.4. The number of hydrogen-bond donors (Lipinski definition) is 1. The van der Waals surface area contributed by atoms with E-state index in [1.165, 1.54) is 16.0 Å². The number of hydrogen-bond acceptors (Lipinski definition) is 2. The van der Waals surface area contributed by atoms with E-state index in [2.05, 4.69) is 73.8 Å². The van der Waals surface area contributed by atoms with Gasteiger partial charge in [0.25, 0.3) is 0 Å². The second-order valence-electron chi connectivity index (χ2n) is 5.00. The Kier molecular flexibility index (Phi) is 5.69. The molecule has 20 heavy (non-hydrogen) atoms. The number of nitrogens with one attached hydrogen (secondary N) is 1. The van der Waals surface area contributed by atoms with E-state index in [1.807, 2.05) is 18.8 Å². The second-order valence-corrected chi connectivity index (χ2v) is 6.45. The molecule has 0 heterocycles. The summed E-state index contributed by atoms with van der Waals surface area (Å²) in [5.41, 5.74) is 2.76. The predicted octanol–water partition coefficient (Wildman–Crippen LogP) is 4.69. The van der Waals surface area contributed by atoms with Gasteiger partial charge in [-0.15, -0.1) is 11.8 Å². The van der Waals surface area contributed by atoms with E-state index >= 15 is 0 Å². The van der Waals surface area contributed by atoms with Gasteiger partial charge in [-0.2, -0.15) is 0 Å². The lowest BCUT2D eigenvalue weighted by atomic mass is 10.0. The highest BCUT2D eigenvalue weighted by Crippen LogP contribution is 2.31. The van der Waals surface area contributed by atoms with Gasteiger partial charge in [0.2, 0.25) is 0 Å². The van der Waals surface area contributed by atoms with E-state index in [0.29, 0.717) is 11.3 Å². The normalized spacial score (nSPS) is 13.9. The average molecular weight is 285 g/mol. The van der Waals surface area contributed by atoms with Crippen LogP contribution in [-0.4, -0.2) is 12.3 Å². The minimum atomic E-state index is 0.367. The van der Waals surface area contributed by atoms with Gasteiger partial charge in [-0.05, 0) is 36.7 Å². The molecule has 0 aliphatic rings. The number of benzene rings is 2. The average Bonchev–Trinajstić information content (AvgIpc) is 2.49. The maximum absolute atomic E-state index is 3.46. The maximum Gasteiger partial charge on any atom is 0.0438 e. The first-order valence-electron chi connectivity index (χ1n) is 7.22. The zero-order valence-electron chi connectivity index (χ0n) is 12.5. The first-order chi connectivity index (χ1) is 9.74. The Hall–Kier alpha value is -1.25. The fourth-order valence-electron chi connectivity index (χ4n) is 2.41. The van der Waals surface area contributed by atoms with Crippen LogP contribution in [0, 0.1) is 0 Å². The summed E-state index contributed by atoms with van der Waals surface area (Å²) in [7, 11) is 2.04. The van der Waals surface area contributed by atoms with Crippen molar-refractivity contribution < 1.29 is 0 Å². The molecule has 1 N–H and O–H groups in total. The van der Waals surface area contributed by atoms with Crippen molar-refractivity contribution >= 4 is 11.8 Å². The van der Waals surface area contributed by atoms with Gasteiger partial charge in [0, 0.05) is 16.2 Å². The van der Waals surface area contributed by atoms with Gasteiger partial charge < -0.3 is 5.32 Å². The summed E-state index contributed by atoms with van der Waals surface area (Å²) < 4.78 is 0. The molecule has 0 aliphatic carbocycles. The monoisotopic (exact) mass is 285 g/mol. The van der Waals surface area contributed by atoms with Crippen LogP contribution in [0.15, 0.2) is 59.5 Å². The molecule has 2 aromatic rings. The SMILES string of the molecule is CCc1ccc(C(NC)C(C)Sc2ccccc2)cc1. The standard InChI is InChI=1S/C18H23NS/c1-4-15-10-12-16(13-11-15)18(19-3)14(2)20-17-8-6-5-7-9-17/h5-14,18-19H,4H2,1-3H3. The smallest absolute Gasteiger partial charge is 0.0438 e. The molecule has 0 amide bonds. The second kappa shape index (κ2) is 7.51. The topological polar surface area (TPSA) is 12.0 Å². The highest BCUT2D eigenvalue weighted by molar-refractivity contribution is 8.00. The Morgan fingerprint density at radius 3 is 2.20 bits per heavy atom. The minimum absolute atomic E-state index is 0.367. The molecule has 2 atom stereocenters. The molecule has 2 aromatic carbocycles. The van der Waals surface area contributed by atoms with Crippen LogP contribution in [0.2, 0.25) is 0 Å². The lowest BCUT2D eigenvalue weighted by molar-refractivity contribution is 0.589. The molecular weight excluding hydrogens is 262 g/mol. The molecule has 2 unspecified atom stereocenters. The molecule has 0 spiro atoms. The van der Waals surface area contributed by atoms with Crippen molar-refractivity contribution in [3.8, 4) is 0 Å². The van der Waals surface area contributed by atoms with Crippen LogP contribution in [0.4, 0.5) is 0 Å². The van der Waals surface area contributed by atoms with Crippen LogP contribution in [0.3, 0.4) is 0 Å². The maximum atomic E-state index is 3.46. The zero-order valence-corrected chi connectivity index (χ0v) is 13.3. The largest absolute Gasteiger partial charge is 0.312 e. The Morgan fingerprint density at radius 2 is 1.65 bits per heavy atom. The first-order valence-corrected chi connectivity index (χ1v) is 8.10. The molecule has 0 aromatic heterocycles. The highest BCUT2D eigenvalue weighted by Gasteiger charge is 2.18. The van der Waals surface area contributed by atoms with Crippen LogP contribution in [0.25, 0.3) is 0 Å². The first kappa shape index (κ1) is 15.1. The van der Waals surface area contributed by atoms with E-state index < -0.39 is 0 Å². The molecule has 2 heteroatoms. The highest BCUT2D eigenvalue weighted by atomic mass is 32.2. The van der Waals surface area contributed by atoms with E-state index in [1.54, 1.807) is 0 Å². The van der Waals surface area contributed by atoms with Crippen molar-refractivity contribution in [1.82, 2.24) is 5.32 Å². The summed E-state index contributed by atoms with van der Waals surface area (Å²) >= 11 is 1.92. The number of rotatable bonds is 6. The Labute approximate surface area is 126 Å². The summed E-state index contributed by atoms with van der Waals surface area (Å²) in [5, 5.41) is 3.94. The van der Waals surface area contributed by atoms with Crippen molar-refractivity contribution in [2.45, 2.75) is 36.5 Å². The van der Waals surface area contributed by atoms with Crippen LogP contribution >= 0.6 is 11.8 Å².